The summed E-state index contributed by atoms with van der Waals surface area (Å²) in [6.45, 7) is 0. The maximum absolute atomic E-state index is 11.5. The van der Waals surface area contributed by atoms with E-state index >= 15 is 0 Å². The SMILES string of the molecule is COC(=O)c1cnc2c3ccccc3cnn12. The second kappa shape index (κ2) is 3.55. The van der Waals surface area contributed by atoms with Crippen LogP contribution in [0.2, 0.25) is 0 Å². The number of benzene rings is 1. The highest BCUT2D eigenvalue weighted by molar-refractivity contribution is 5.96. The molecule has 0 N–H and O–H groups in total. The van der Waals surface area contributed by atoms with Crippen molar-refractivity contribution in [1.82, 2.24) is 14.6 Å². The van der Waals surface area contributed by atoms with E-state index in [0.29, 0.717) is 11.3 Å². The number of carbonyl (C=O) groups is 1. The molecule has 0 aliphatic carbocycles. The second-order valence-electron chi connectivity index (χ2n) is 3.60. The van der Waals surface area contributed by atoms with Crippen LogP contribution in [0.4, 0.5) is 0 Å². The van der Waals surface area contributed by atoms with E-state index in [0.717, 1.165) is 10.8 Å². The van der Waals surface area contributed by atoms with Gasteiger partial charge < -0.3 is 4.74 Å². The van der Waals surface area contributed by atoms with Crippen molar-refractivity contribution in [2.45, 2.75) is 0 Å². The van der Waals surface area contributed by atoms with Crippen LogP contribution in [-0.4, -0.2) is 27.7 Å². The Hall–Kier alpha value is -2.43. The molecule has 0 aliphatic rings. The molecule has 0 spiro atoms. The molecule has 0 saturated heterocycles. The van der Waals surface area contributed by atoms with Gasteiger partial charge in [0, 0.05) is 10.8 Å². The van der Waals surface area contributed by atoms with Crippen molar-refractivity contribution < 1.29 is 9.53 Å². The van der Waals surface area contributed by atoms with E-state index < -0.39 is 5.97 Å². The first-order valence-electron chi connectivity index (χ1n) is 5.11. The van der Waals surface area contributed by atoms with E-state index in [1.807, 2.05) is 24.3 Å². The van der Waals surface area contributed by atoms with Gasteiger partial charge in [-0.3, -0.25) is 0 Å². The molecule has 0 saturated carbocycles. The number of nitrogens with zero attached hydrogens (tertiary/aromatic N) is 3. The number of carbonyl (C=O) groups excluding carboxylic acids is 1. The number of hydrogen-bond donors (Lipinski definition) is 0. The van der Waals surface area contributed by atoms with Gasteiger partial charge >= 0.3 is 5.97 Å². The molecule has 2 aromatic heterocycles. The zero-order chi connectivity index (χ0) is 11.8. The molecule has 0 bridgehead atoms. The molecule has 5 heteroatoms. The Labute approximate surface area is 96.6 Å². The smallest absolute Gasteiger partial charge is 0.358 e. The van der Waals surface area contributed by atoms with Crippen LogP contribution >= 0.6 is 0 Å². The predicted octanol–water partition coefficient (Wildman–Crippen LogP) is 1.67. The first kappa shape index (κ1) is 9.77. The zero-order valence-corrected chi connectivity index (χ0v) is 9.12. The lowest BCUT2D eigenvalue weighted by Gasteiger charge is -2.01. The van der Waals surface area contributed by atoms with Crippen LogP contribution in [0, 0.1) is 0 Å². The van der Waals surface area contributed by atoms with Gasteiger partial charge in [-0.25, -0.2) is 14.3 Å². The van der Waals surface area contributed by atoms with Crippen LogP contribution in [0.15, 0.2) is 36.7 Å². The first-order chi connectivity index (χ1) is 8.31. The number of aromatic nitrogens is 3. The lowest BCUT2D eigenvalue weighted by Crippen LogP contribution is -2.07. The van der Waals surface area contributed by atoms with Crippen molar-refractivity contribution in [2.24, 2.45) is 0 Å². The molecule has 0 amide bonds. The maximum atomic E-state index is 11.5. The number of esters is 1. The van der Waals surface area contributed by atoms with E-state index in [-0.39, 0.29) is 0 Å². The summed E-state index contributed by atoms with van der Waals surface area (Å²) < 4.78 is 6.17. The van der Waals surface area contributed by atoms with Gasteiger partial charge in [0.1, 0.15) is 0 Å². The Kier molecular flexibility index (Phi) is 2.04. The third kappa shape index (κ3) is 1.36. The summed E-state index contributed by atoms with van der Waals surface area (Å²) in [5.74, 6) is -0.444. The Bertz CT molecular complexity index is 718. The highest BCUT2D eigenvalue weighted by atomic mass is 16.5. The van der Waals surface area contributed by atoms with Crippen molar-refractivity contribution >= 4 is 22.4 Å². The van der Waals surface area contributed by atoms with Gasteiger partial charge in [0.15, 0.2) is 11.3 Å². The van der Waals surface area contributed by atoms with E-state index in [1.54, 1.807) is 6.20 Å². The molecule has 0 fully saturated rings. The fourth-order valence-electron chi connectivity index (χ4n) is 1.82. The molecular formula is C12H9N3O2. The Morgan fingerprint density at radius 2 is 2.12 bits per heavy atom. The molecule has 0 atom stereocenters. The van der Waals surface area contributed by atoms with Gasteiger partial charge in [0.2, 0.25) is 0 Å². The van der Waals surface area contributed by atoms with Crippen molar-refractivity contribution in [3.8, 4) is 0 Å². The van der Waals surface area contributed by atoms with Gasteiger partial charge in [-0.15, -0.1) is 0 Å². The fourth-order valence-corrected chi connectivity index (χ4v) is 1.82. The monoisotopic (exact) mass is 227 g/mol. The molecule has 84 valence electrons. The lowest BCUT2D eigenvalue weighted by atomic mass is 10.2. The Balaban J connectivity index is 2.39. The van der Waals surface area contributed by atoms with Gasteiger partial charge in [-0.1, -0.05) is 24.3 Å². The quantitative estimate of drug-likeness (QED) is 0.593. The number of methoxy groups -OCH3 is 1. The molecule has 2 heterocycles. The molecular weight excluding hydrogens is 218 g/mol. The van der Waals surface area contributed by atoms with Crippen LogP contribution < -0.4 is 0 Å². The average molecular weight is 227 g/mol. The molecule has 5 nitrogen and oxygen atoms in total. The molecule has 1 aromatic carbocycles. The van der Waals surface area contributed by atoms with Gasteiger partial charge in [-0.05, 0) is 0 Å². The van der Waals surface area contributed by atoms with Crippen LogP contribution in [0.25, 0.3) is 16.4 Å². The normalized spacial score (nSPS) is 10.9. The summed E-state index contributed by atoms with van der Waals surface area (Å²) >= 11 is 0. The Morgan fingerprint density at radius 3 is 2.94 bits per heavy atom. The van der Waals surface area contributed by atoms with Crippen molar-refractivity contribution in [3.63, 3.8) is 0 Å². The minimum atomic E-state index is -0.444. The van der Waals surface area contributed by atoms with Gasteiger partial charge in [0.05, 0.1) is 19.5 Å². The summed E-state index contributed by atoms with van der Waals surface area (Å²) in [6, 6.07) is 7.76. The van der Waals surface area contributed by atoms with E-state index in [9.17, 15) is 4.79 Å². The summed E-state index contributed by atoms with van der Waals surface area (Å²) in [7, 11) is 1.34. The summed E-state index contributed by atoms with van der Waals surface area (Å²) in [5.41, 5.74) is 0.983. The topological polar surface area (TPSA) is 56.5 Å². The van der Waals surface area contributed by atoms with Crippen LogP contribution in [0.1, 0.15) is 10.5 Å². The molecule has 0 aliphatic heterocycles. The maximum Gasteiger partial charge on any atom is 0.358 e. The summed E-state index contributed by atoms with van der Waals surface area (Å²) in [4.78, 5) is 15.7. The molecule has 3 aromatic rings. The highest BCUT2D eigenvalue weighted by Gasteiger charge is 2.14. The standard InChI is InChI=1S/C12H9N3O2/c1-17-12(16)10-7-13-11-9-5-3-2-4-8(9)6-14-15(10)11/h2-7H,1H3. The number of hydrogen-bond acceptors (Lipinski definition) is 4. The van der Waals surface area contributed by atoms with Crippen LogP contribution in [0.3, 0.4) is 0 Å². The van der Waals surface area contributed by atoms with E-state index in [4.69, 9.17) is 0 Å². The summed E-state index contributed by atoms with van der Waals surface area (Å²) in [6.07, 6.45) is 3.18. The van der Waals surface area contributed by atoms with Crippen LogP contribution in [0.5, 0.6) is 0 Å². The van der Waals surface area contributed by atoms with E-state index in [1.165, 1.54) is 17.8 Å². The molecule has 0 radical (unpaired) electrons. The van der Waals surface area contributed by atoms with Crippen molar-refractivity contribution in [3.05, 3.63) is 42.4 Å². The number of imidazole rings is 1. The molecule has 17 heavy (non-hydrogen) atoms. The third-order valence-corrected chi connectivity index (χ3v) is 2.65. The largest absolute Gasteiger partial charge is 0.464 e. The average Bonchev–Trinajstić information content (AvgIpc) is 2.82. The van der Waals surface area contributed by atoms with E-state index in [2.05, 4.69) is 14.8 Å². The fraction of sp³-hybridized carbons (Fsp3) is 0.0833. The highest BCUT2D eigenvalue weighted by Crippen LogP contribution is 2.18. The van der Waals surface area contributed by atoms with Gasteiger partial charge in [-0.2, -0.15) is 5.10 Å². The number of ether oxygens (including phenoxy) is 1. The zero-order valence-electron chi connectivity index (χ0n) is 9.12. The van der Waals surface area contributed by atoms with Crippen molar-refractivity contribution in [2.75, 3.05) is 7.11 Å². The minimum absolute atomic E-state index is 0.327. The minimum Gasteiger partial charge on any atom is -0.464 e. The molecule has 3 rings (SSSR count). The third-order valence-electron chi connectivity index (χ3n) is 2.65. The second-order valence-corrected chi connectivity index (χ2v) is 3.60. The lowest BCUT2D eigenvalue weighted by molar-refractivity contribution is 0.0591. The molecule has 0 unspecified atom stereocenters. The van der Waals surface area contributed by atoms with Crippen LogP contribution in [-0.2, 0) is 4.74 Å². The summed E-state index contributed by atoms with van der Waals surface area (Å²) in [5, 5.41) is 6.14. The Morgan fingerprint density at radius 1 is 1.29 bits per heavy atom. The van der Waals surface area contributed by atoms with Crippen molar-refractivity contribution in [1.29, 1.82) is 0 Å². The number of rotatable bonds is 1. The predicted molar refractivity (Wildman–Crippen MR) is 61.8 cm³/mol. The number of fused-ring (bicyclic) bond motifs is 3. The first-order valence-corrected chi connectivity index (χ1v) is 5.11. The van der Waals surface area contributed by atoms with Gasteiger partial charge in [0.25, 0.3) is 0 Å².